The fourth-order valence-corrected chi connectivity index (χ4v) is 2.34. The zero-order valence-corrected chi connectivity index (χ0v) is 17.2. The first-order chi connectivity index (χ1) is 11.2. The molecule has 1 aliphatic rings. The van der Waals surface area contributed by atoms with Crippen LogP contribution < -0.4 is 4.74 Å². The van der Waals surface area contributed by atoms with E-state index in [0.717, 1.165) is 0 Å². The van der Waals surface area contributed by atoms with Crippen molar-refractivity contribution < 1.29 is 59.4 Å². The van der Waals surface area contributed by atoms with Gasteiger partial charge in [-0.25, -0.2) is 8.78 Å². The Kier molecular flexibility index (Phi) is 8.28. The van der Waals surface area contributed by atoms with Crippen molar-refractivity contribution in [3.8, 4) is 5.75 Å². The largest absolute Gasteiger partial charge is 0.484 e. The second kappa shape index (κ2) is 9.28. The quantitative estimate of drug-likeness (QED) is 0.412. The average molecular weight is 498 g/mol. The van der Waals surface area contributed by atoms with Crippen molar-refractivity contribution >= 4 is 21.6 Å². The molecule has 0 N–H and O–H groups in total. The maximum Gasteiger partial charge on any atom is 0.422 e. The molecule has 0 bridgehead atoms. The predicted molar refractivity (Wildman–Crippen MR) is 83.5 cm³/mol. The summed E-state index contributed by atoms with van der Waals surface area (Å²) in [5.41, 5.74) is 1.21. The molecule has 2 nitrogen and oxygen atoms in total. The first kappa shape index (κ1) is 22.3. The summed E-state index contributed by atoms with van der Waals surface area (Å²) in [4.78, 5) is 1.29. The van der Waals surface area contributed by atoms with Crippen LogP contribution in [0.1, 0.15) is 5.56 Å². The Balaban J connectivity index is 0.00000312. The van der Waals surface area contributed by atoms with Crippen molar-refractivity contribution in [3.63, 3.8) is 0 Å². The van der Waals surface area contributed by atoms with Crippen LogP contribution in [0.25, 0.3) is 5.70 Å². The number of alkyl halides is 5. The van der Waals surface area contributed by atoms with Crippen LogP contribution in [0.2, 0.25) is 0 Å². The van der Waals surface area contributed by atoms with E-state index in [1.807, 2.05) is 0 Å². The number of hydrogen-bond acceptors (Lipinski definition) is 2. The van der Waals surface area contributed by atoms with Gasteiger partial charge in [-0.2, -0.15) is 25.3 Å². The van der Waals surface area contributed by atoms with Crippen LogP contribution in [-0.4, -0.2) is 30.7 Å². The molecule has 1 aliphatic heterocycles. The molecule has 0 aliphatic carbocycles. The molecule has 1 radical (unpaired) electrons. The molecule has 1 heterocycles. The first-order valence-corrected chi connectivity index (χ1v) is 7.51. The number of allylic oxidation sites excluding steroid dienone is 3. The van der Waals surface area contributed by atoms with Gasteiger partial charge in [0.1, 0.15) is 5.75 Å². The standard InChI is InChI=1S/C16H12BrF5NO.Y/c1-10-13(17)6-7-14(23(10)8-15(18)19)11-2-4-12(5-3-11)24-9-16(20,21)22;/h2-6,15H,1,8-9H2;/q-1;. The van der Waals surface area contributed by atoms with Crippen molar-refractivity contribution in [2.75, 3.05) is 13.2 Å². The monoisotopic (exact) mass is 497 g/mol. The number of hydrogen-bond donors (Lipinski definition) is 0. The van der Waals surface area contributed by atoms with Crippen molar-refractivity contribution in [3.05, 3.63) is 58.7 Å². The summed E-state index contributed by atoms with van der Waals surface area (Å²) in [5.74, 6) is 0.0310. The molecule has 0 aromatic heterocycles. The maximum absolute atomic E-state index is 12.8. The molecule has 0 spiro atoms. The summed E-state index contributed by atoms with van der Waals surface area (Å²) >= 11 is 3.21. The van der Waals surface area contributed by atoms with Crippen LogP contribution in [0.15, 0.2) is 47.1 Å². The second-order valence-corrected chi connectivity index (χ2v) is 5.72. The van der Waals surface area contributed by atoms with Crippen LogP contribution in [0.3, 0.4) is 0 Å². The van der Waals surface area contributed by atoms with Gasteiger partial charge in [0.25, 0.3) is 6.43 Å². The minimum Gasteiger partial charge on any atom is -0.484 e. The maximum atomic E-state index is 12.8. The van der Waals surface area contributed by atoms with Crippen molar-refractivity contribution in [2.45, 2.75) is 12.6 Å². The molecular weight excluding hydrogens is 486 g/mol. The molecule has 2 rings (SSSR count). The van der Waals surface area contributed by atoms with E-state index in [1.54, 1.807) is 6.08 Å². The van der Waals surface area contributed by atoms with Gasteiger partial charge in [-0.05, 0) is 17.8 Å². The van der Waals surface area contributed by atoms with Crippen molar-refractivity contribution in [2.24, 2.45) is 0 Å². The molecule has 0 saturated heterocycles. The fraction of sp³-hybridized carbons (Fsp3) is 0.250. The topological polar surface area (TPSA) is 12.5 Å². The Morgan fingerprint density at radius 3 is 2.32 bits per heavy atom. The Hall–Kier alpha value is -0.726. The Morgan fingerprint density at radius 1 is 1.20 bits per heavy atom. The van der Waals surface area contributed by atoms with Crippen LogP contribution in [0.5, 0.6) is 5.75 Å². The number of halogens is 6. The van der Waals surface area contributed by atoms with E-state index in [1.165, 1.54) is 29.2 Å². The van der Waals surface area contributed by atoms with Crippen LogP contribution in [0, 0.1) is 6.08 Å². The van der Waals surface area contributed by atoms with E-state index in [9.17, 15) is 22.0 Å². The molecular formula is C16H12BrF5NOY-. The summed E-state index contributed by atoms with van der Waals surface area (Å²) < 4.78 is 67.1. The molecule has 0 fully saturated rings. The second-order valence-electron chi connectivity index (χ2n) is 4.86. The van der Waals surface area contributed by atoms with Crippen LogP contribution in [-0.2, 0) is 32.7 Å². The van der Waals surface area contributed by atoms with Gasteiger partial charge in [0.2, 0.25) is 0 Å². The molecule has 0 atom stereocenters. The summed E-state index contributed by atoms with van der Waals surface area (Å²) in [5, 5.41) is 0. The minimum atomic E-state index is -4.43. The number of ether oxygens (including phenoxy) is 1. The summed E-state index contributed by atoms with van der Waals surface area (Å²) in [6.07, 6.45) is -2.61. The van der Waals surface area contributed by atoms with E-state index >= 15 is 0 Å². The summed E-state index contributed by atoms with van der Waals surface area (Å²) in [7, 11) is 0. The zero-order chi connectivity index (χ0) is 17.9. The van der Waals surface area contributed by atoms with Gasteiger partial charge in [-0.3, -0.25) is 0 Å². The third kappa shape index (κ3) is 6.49. The van der Waals surface area contributed by atoms with E-state index in [2.05, 4.69) is 33.3 Å². The van der Waals surface area contributed by atoms with Gasteiger partial charge in [0, 0.05) is 32.7 Å². The van der Waals surface area contributed by atoms with Crippen LogP contribution in [0.4, 0.5) is 22.0 Å². The number of nitrogens with zero attached hydrogens (tertiary/aromatic N) is 1. The Bertz CT molecular complexity index is 670. The van der Waals surface area contributed by atoms with Gasteiger partial charge in [-0.15, -0.1) is 28.1 Å². The fourth-order valence-electron chi connectivity index (χ4n) is 2.01. The van der Waals surface area contributed by atoms with E-state index in [0.29, 0.717) is 21.4 Å². The molecule has 9 heteroatoms. The predicted octanol–water partition coefficient (Wildman–Crippen LogP) is 5.14. The van der Waals surface area contributed by atoms with Crippen LogP contribution >= 0.6 is 15.9 Å². The molecule has 133 valence electrons. The summed E-state index contributed by atoms with van der Waals surface area (Å²) in [6.45, 7) is 1.78. The van der Waals surface area contributed by atoms with Crippen molar-refractivity contribution in [1.82, 2.24) is 4.90 Å². The Morgan fingerprint density at radius 2 is 1.80 bits per heavy atom. The van der Waals surface area contributed by atoms with E-state index < -0.39 is 25.8 Å². The molecule has 0 amide bonds. The SMILES string of the molecule is C=C1C(Br)=C[C-]=C(c2ccc(OCC(F)(F)F)cc2)N1CC(F)F.[Y]. The molecule has 0 saturated carbocycles. The van der Waals surface area contributed by atoms with Gasteiger partial charge in [0.15, 0.2) is 6.61 Å². The van der Waals surface area contributed by atoms with Gasteiger partial charge in [-0.1, -0.05) is 22.3 Å². The molecule has 1 aromatic carbocycles. The zero-order valence-electron chi connectivity index (χ0n) is 12.8. The Labute approximate surface area is 175 Å². The number of benzene rings is 1. The normalized spacial score (nSPS) is 14.8. The van der Waals surface area contributed by atoms with Crippen molar-refractivity contribution in [1.29, 1.82) is 0 Å². The minimum absolute atomic E-state index is 0. The average Bonchev–Trinajstić information content (AvgIpc) is 2.50. The van der Waals surface area contributed by atoms with Gasteiger partial charge in [0.05, 0.1) is 6.54 Å². The third-order valence-electron chi connectivity index (χ3n) is 3.06. The van der Waals surface area contributed by atoms with Gasteiger partial charge < -0.3 is 9.64 Å². The van der Waals surface area contributed by atoms with E-state index in [4.69, 9.17) is 0 Å². The number of rotatable bonds is 5. The molecule has 0 unspecified atom stereocenters. The summed E-state index contributed by atoms with van der Waals surface area (Å²) in [6, 6.07) is 5.64. The third-order valence-corrected chi connectivity index (χ3v) is 3.74. The smallest absolute Gasteiger partial charge is 0.422 e. The molecule has 1 aromatic rings. The van der Waals surface area contributed by atoms with Gasteiger partial charge >= 0.3 is 6.18 Å². The molecule has 25 heavy (non-hydrogen) atoms. The first-order valence-electron chi connectivity index (χ1n) is 6.71. The van der Waals surface area contributed by atoms with E-state index in [-0.39, 0.29) is 38.5 Å².